The lowest BCUT2D eigenvalue weighted by molar-refractivity contribution is -0.911. The molecule has 28 heavy (non-hydrogen) atoms. The number of phenolic OH excluding ortho intramolecular Hbond substituents is 1. The van der Waals surface area contributed by atoms with Crippen LogP contribution in [0.25, 0.3) is 0 Å². The summed E-state index contributed by atoms with van der Waals surface area (Å²) < 4.78 is 50.8. The highest BCUT2D eigenvalue weighted by molar-refractivity contribution is 7.89. The van der Waals surface area contributed by atoms with E-state index in [0.717, 1.165) is 24.2 Å². The SMILES string of the molecule is O=S(=O)(c1ccc(F)cc1)N1CCC[NH+](Cc2cc3c(cc2O)OCO3)CC1. The highest BCUT2D eigenvalue weighted by atomic mass is 32.2. The van der Waals surface area contributed by atoms with Crippen molar-refractivity contribution in [2.24, 2.45) is 0 Å². The number of fused-ring (bicyclic) bond motifs is 1. The van der Waals surface area contributed by atoms with Gasteiger partial charge in [0, 0.05) is 19.0 Å². The molecule has 0 aliphatic carbocycles. The topological polar surface area (TPSA) is 80.5 Å². The third-order valence-electron chi connectivity index (χ3n) is 5.12. The van der Waals surface area contributed by atoms with E-state index >= 15 is 0 Å². The molecule has 2 aliphatic heterocycles. The smallest absolute Gasteiger partial charge is 0.243 e. The molecule has 9 heteroatoms. The van der Waals surface area contributed by atoms with Crippen molar-refractivity contribution in [2.45, 2.75) is 17.9 Å². The summed E-state index contributed by atoms with van der Waals surface area (Å²) in [6.45, 7) is 2.87. The van der Waals surface area contributed by atoms with E-state index in [2.05, 4.69) is 0 Å². The fraction of sp³-hybridized carbons (Fsp3) is 0.368. The van der Waals surface area contributed by atoms with E-state index < -0.39 is 15.8 Å². The number of aromatic hydroxyl groups is 1. The molecule has 0 spiro atoms. The zero-order valence-corrected chi connectivity index (χ0v) is 16.0. The minimum atomic E-state index is -3.65. The van der Waals surface area contributed by atoms with Crippen LogP contribution in [0.1, 0.15) is 12.0 Å². The molecular formula is C19H22FN2O5S+. The summed E-state index contributed by atoms with van der Waals surface area (Å²) in [6.07, 6.45) is 0.696. The van der Waals surface area contributed by atoms with E-state index in [0.29, 0.717) is 44.1 Å². The zero-order valence-electron chi connectivity index (χ0n) is 15.2. The summed E-state index contributed by atoms with van der Waals surface area (Å²) in [5, 5.41) is 10.2. The first-order chi connectivity index (χ1) is 13.4. The number of hydrogen-bond donors (Lipinski definition) is 2. The maximum Gasteiger partial charge on any atom is 0.243 e. The summed E-state index contributed by atoms with van der Waals surface area (Å²) >= 11 is 0. The van der Waals surface area contributed by atoms with Crippen LogP contribution in [0.2, 0.25) is 0 Å². The van der Waals surface area contributed by atoms with Gasteiger partial charge in [0.2, 0.25) is 16.8 Å². The van der Waals surface area contributed by atoms with Gasteiger partial charge in [-0.1, -0.05) is 0 Å². The molecule has 2 aromatic rings. The molecule has 2 aliphatic rings. The molecule has 2 N–H and O–H groups in total. The average Bonchev–Trinajstić information content (AvgIpc) is 2.97. The van der Waals surface area contributed by atoms with E-state index in [1.54, 1.807) is 12.1 Å². The molecule has 1 fully saturated rings. The monoisotopic (exact) mass is 409 g/mol. The number of quaternary nitrogens is 1. The molecule has 2 aromatic carbocycles. The largest absolute Gasteiger partial charge is 0.507 e. The quantitative estimate of drug-likeness (QED) is 0.779. The minimum absolute atomic E-state index is 0.103. The van der Waals surface area contributed by atoms with E-state index in [1.807, 2.05) is 0 Å². The first-order valence-corrected chi connectivity index (χ1v) is 10.6. The van der Waals surface area contributed by atoms with Crippen molar-refractivity contribution in [1.82, 2.24) is 4.31 Å². The number of rotatable bonds is 4. The van der Waals surface area contributed by atoms with Crippen LogP contribution in [-0.4, -0.2) is 50.8 Å². The van der Waals surface area contributed by atoms with Crippen molar-refractivity contribution in [3.05, 3.63) is 47.8 Å². The first kappa shape index (κ1) is 19.0. The summed E-state index contributed by atoms with van der Waals surface area (Å²) in [7, 11) is -3.65. The maximum absolute atomic E-state index is 13.1. The number of ether oxygens (including phenoxy) is 2. The summed E-state index contributed by atoms with van der Waals surface area (Å²) in [5.74, 6) is 0.831. The number of sulfonamides is 1. The molecular weight excluding hydrogens is 387 g/mol. The predicted octanol–water partition coefficient (Wildman–Crippen LogP) is 0.740. The van der Waals surface area contributed by atoms with Crippen molar-refractivity contribution < 1.29 is 32.3 Å². The Morgan fingerprint density at radius 3 is 2.54 bits per heavy atom. The molecule has 0 saturated carbocycles. The number of nitrogens with zero attached hydrogens (tertiary/aromatic N) is 1. The Hall–Kier alpha value is -2.36. The molecule has 150 valence electrons. The van der Waals surface area contributed by atoms with Gasteiger partial charge in [-0.2, -0.15) is 4.31 Å². The average molecular weight is 409 g/mol. The Morgan fingerprint density at radius 1 is 1.07 bits per heavy atom. The minimum Gasteiger partial charge on any atom is -0.507 e. The predicted molar refractivity (Wildman–Crippen MR) is 98.4 cm³/mol. The zero-order chi connectivity index (χ0) is 19.7. The van der Waals surface area contributed by atoms with Gasteiger partial charge in [-0.25, -0.2) is 12.8 Å². The van der Waals surface area contributed by atoms with Crippen LogP contribution in [0, 0.1) is 5.82 Å². The van der Waals surface area contributed by atoms with E-state index in [4.69, 9.17) is 9.47 Å². The highest BCUT2D eigenvalue weighted by Crippen LogP contribution is 2.37. The lowest BCUT2D eigenvalue weighted by atomic mass is 10.1. The molecule has 7 nitrogen and oxygen atoms in total. The van der Waals surface area contributed by atoms with E-state index in [9.17, 15) is 17.9 Å². The second kappa shape index (κ2) is 7.57. The molecule has 4 rings (SSSR count). The Labute approximate surface area is 162 Å². The number of benzene rings is 2. The molecule has 1 saturated heterocycles. The highest BCUT2D eigenvalue weighted by Gasteiger charge is 2.29. The third kappa shape index (κ3) is 3.78. The molecule has 1 unspecified atom stereocenters. The lowest BCUT2D eigenvalue weighted by Crippen LogP contribution is -3.11. The summed E-state index contributed by atoms with van der Waals surface area (Å²) in [5.41, 5.74) is 0.745. The Balaban J connectivity index is 1.45. The number of halogens is 1. The molecule has 2 heterocycles. The van der Waals surface area contributed by atoms with Crippen molar-refractivity contribution in [1.29, 1.82) is 0 Å². The molecule has 0 bridgehead atoms. The first-order valence-electron chi connectivity index (χ1n) is 9.14. The van der Waals surface area contributed by atoms with Gasteiger partial charge in [0.05, 0.1) is 30.1 Å². The number of nitrogens with one attached hydrogen (secondary N) is 1. The molecule has 0 radical (unpaired) electrons. The van der Waals surface area contributed by atoms with Gasteiger partial charge in [-0.3, -0.25) is 0 Å². The second-order valence-corrected chi connectivity index (χ2v) is 8.91. The fourth-order valence-corrected chi connectivity index (χ4v) is 5.06. The number of phenols is 1. The van der Waals surface area contributed by atoms with Crippen LogP contribution in [-0.2, 0) is 16.6 Å². The normalized spacial score (nSPS) is 20.1. The van der Waals surface area contributed by atoms with Crippen LogP contribution in [0.15, 0.2) is 41.3 Å². The van der Waals surface area contributed by atoms with Crippen molar-refractivity contribution in [3.63, 3.8) is 0 Å². The molecule has 0 aromatic heterocycles. The van der Waals surface area contributed by atoms with Crippen LogP contribution in [0.4, 0.5) is 4.39 Å². The van der Waals surface area contributed by atoms with Crippen LogP contribution >= 0.6 is 0 Å². The molecule has 0 amide bonds. The van der Waals surface area contributed by atoms with Crippen LogP contribution in [0.3, 0.4) is 0 Å². The van der Waals surface area contributed by atoms with Gasteiger partial charge < -0.3 is 19.5 Å². The number of hydrogen-bond acceptors (Lipinski definition) is 5. The second-order valence-electron chi connectivity index (χ2n) is 6.97. The fourth-order valence-electron chi connectivity index (χ4n) is 3.58. The maximum atomic E-state index is 13.1. The summed E-state index contributed by atoms with van der Waals surface area (Å²) in [4.78, 5) is 1.27. The van der Waals surface area contributed by atoms with Gasteiger partial charge in [-0.05, 0) is 30.3 Å². The van der Waals surface area contributed by atoms with E-state index in [-0.39, 0.29) is 17.4 Å². The third-order valence-corrected chi connectivity index (χ3v) is 7.03. The van der Waals surface area contributed by atoms with E-state index in [1.165, 1.54) is 21.3 Å². The lowest BCUT2D eigenvalue weighted by Gasteiger charge is -2.20. The van der Waals surface area contributed by atoms with Crippen molar-refractivity contribution >= 4 is 10.0 Å². The standard InChI is InChI=1S/C19H21FN2O5S/c20-15-2-4-16(5-3-15)28(24,25)22-7-1-6-21(8-9-22)12-14-10-18-19(11-17(14)23)27-13-26-18/h2-5,10-11,23H,1,6-9,12-13H2/p+1. The van der Waals surface area contributed by atoms with Crippen LogP contribution < -0.4 is 14.4 Å². The molecule has 1 atom stereocenters. The van der Waals surface area contributed by atoms with Gasteiger partial charge in [0.25, 0.3) is 0 Å². The van der Waals surface area contributed by atoms with Gasteiger partial charge in [0.1, 0.15) is 18.1 Å². The van der Waals surface area contributed by atoms with Crippen molar-refractivity contribution in [3.8, 4) is 17.2 Å². The van der Waals surface area contributed by atoms with Crippen molar-refractivity contribution in [2.75, 3.05) is 33.0 Å². The van der Waals surface area contributed by atoms with Gasteiger partial charge >= 0.3 is 0 Å². The Kier molecular flexibility index (Phi) is 5.13. The Morgan fingerprint density at radius 2 is 1.79 bits per heavy atom. The van der Waals surface area contributed by atoms with Gasteiger partial charge in [-0.15, -0.1) is 0 Å². The van der Waals surface area contributed by atoms with Gasteiger partial charge in [0.15, 0.2) is 11.5 Å². The van der Waals surface area contributed by atoms with Crippen LogP contribution in [0.5, 0.6) is 17.2 Å². The Bertz CT molecular complexity index is 965. The summed E-state index contributed by atoms with van der Waals surface area (Å²) in [6, 6.07) is 8.24.